The van der Waals surface area contributed by atoms with Crippen LogP contribution in [0.2, 0.25) is 0 Å². The first-order valence-corrected chi connectivity index (χ1v) is 6.43. The van der Waals surface area contributed by atoms with Crippen molar-refractivity contribution in [2.75, 3.05) is 0 Å². The average molecular weight is 277 g/mol. The Morgan fingerprint density at radius 1 is 1.11 bits per heavy atom. The zero-order valence-electron chi connectivity index (χ0n) is 10.0. The van der Waals surface area contributed by atoms with Crippen LogP contribution in [-0.4, -0.2) is 4.98 Å². The van der Waals surface area contributed by atoms with Gasteiger partial charge in [-0.1, -0.05) is 12.1 Å². The number of halogens is 1. The summed E-state index contributed by atoms with van der Waals surface area (Å²) in [5, 5.41) is 1.15. The second kappa shape index (κ2) is 5.46. The number of nitrogens with zero attached hydrogens (tertiary/aromatic N) is 2. The summed E-state index contributed by atoms with van der Waals surface area (Å²) in [5.41, 5.74) is 2.38. The van der Waals surface area contributed by atoms with Crippen LogP contribution in [0.25, 0.3) is 10.2 Å². The maximum atomic E-state index is 4.63. The largest absolute Gasteiger partial charge is 1.00 e. The van der Waals surface area contributed by atoms with E-state index in [1.807, 2.05) is 6.07 Å². The highest BCUT2D eigenvalue weighted by Crippen LogP contribution is 2.21. The van der Waals surface area contributed by atoms with Crippen LogP contribution in [-0.2, 0) is 6.54 Å². The number of pyridine rings is 1. The fourth-order valence-electron chi connectivity index (χ4n) is 1.78. The molecule has 3 aromatic rings. The Bertz CT molecular complexity index is 613. The Hall–Kier alpha value is -1.45. The lowest BCUT2D eigenvalue weighted by molar-refractivity contribution is -0.688. The summed E-state index contributed by atoms with van der Waals surface area (Å²) in [7, 11) is 0. The molecule has 0 atom stereocenters. The number of fused-ring (bicyclic) bond motifs is 1. The van der Waals surface area contributed by atoms with Crippen molar-refractivity contribution in [1.82, 2.24) is 4.98 Å². The molecule has 92 valence electrons. The molecule has 2 aromatic heterocycles. The van der Waals surface area contributed by atoms with E-state index in [0.29, 0.717) is 0 Å². The van der Waals surface area contributed by atoms with Gasteiger partial charge in [-0.05, 0) is 24.6 Å². The maximum absolute atomic E-state index is 4.63. The number of aryl methyl sites for hydroxylation is 1. The van der Waals surface area contributed by atoms with E-state index in [0.717, 1.165) is 17.1 Å². The number of para-hydroxylation sites is 1. The molecule has 0 saturated heterocycles. The standard InChI is InChI=1S/C14H13N2S.ClH/c1-11-6-8-16(9-7-11)10-14-15-12-4-2-3-5-13(12)17-14;/h2-9H,10H2,1H3;1H/q+1;/p-1. The summed E-state index contributed by atoms with van der Waals surface area (Å²) in [4.78, 5) is 4.63. The molecule has 18 heavy (non-hydrogen) atoms. The van der Waals surface area contributed by atoms with E-state index in [9.17, 15) is 0 Å². The highest BCUT2D eigenvalue weighted by atomic mass is 35.5. The van der Waals surface area contributed by atoms with Crippen LogP contribution < -0.4 is 17.0 Å². The molecular formula is C14H13ClN2S. The highest BCUT2D eigenvalue weighted by molar-refractivity contribution is 7.18. The molecule has 2 heterocycles. The molecule has 0 amide bonds. The van der Waals surface area contributed by atoms with Crippen LogP contribution in [0.3, 0.4) is 0 Å². The minimum absolute atomic E-state index is 0. The minimum Gasteiger partial charge on any atom is -1.00 e. The lowest BCUT2D eigenvalue weighted by atomic mass is 10.3. The van der Waals surface area contributed by atoms with Gasteiger partial charge < -0.3 is 12.4 Å². The van der Waals surface area contributed by atoms with Crippen LogP contribution in [0.1, 0.15) is 10.6 Å². The van der Waals surface area contributed by atoms with Crippen molar-refractivity contribution in [3.63, 3.8) is 0 Å². The molecule has 0 aliphatic heterocycles. The Kier molecular flexibility index (Phi) is 3.94. The zero-order chi connectivity index (χ0) is 11.7. The first-order valence-electron chi connectivity index (χ1n) is 5.61. The molecule has 4 heteroatoms. The van der Waals surface area contributed by atoms with Crippen LogP contribution in [0.5, 0.6) is 0 Å². The summed E-state index contributed by atoms with van der Waals surface area (Å²) in [6.45, 7) is 2.95. The molecule has 0 saturated carbocycles. The third-order valence-corrected chi connectivity index (χ3v) is 3.73. The van der Waals surface area contributed by atoms with E-state index in [4.69, 9.17) is 0 Å². The number of thiazole rings is 1. The zero-order valence-corrected chi connectivity index (χ0v) is 11.6. The van der Waals surface area contributed by atoms with E-state index < -0.39 is 0 Å². The SMILES string of the molecule is Cc1cc[n+](Cc2nc3ccccc3s2)cc1.[Cl-]. The van der Waals surface area contributed by atoms with Gasteiger partial charge in [0.1, 0.15) is 0 Å². The van der Waals surface area contributed by atoms with Crippen LogP contribution >= 0.6 is 11.3 Å². The fourth-order valence-corrected chi connectivity index (χ4v) is 2.76. The number of hydrogen-bond acceptors (Lipinski definition) is 2. The molecule has 0 aliphatic carbocycles. The van der Waals surface area contributed by atoms with E-state index in [1.165, 1.54) is 10.3 Å². The van der Waals surface area contributed by atoms with Gasteiger partial charge in [0.25, 0.3) is 0 Å². The lowest BCUT2D eigenvalue weighted by Crippen LogP contribution is -3.00. The van der Waals surface area contributed by atoms with Crippen LogP contribution in [0, 0.1) is 6.92 Å². The van der Waals surface area contributed by atoms with Crippen molar-refractivity contribution >= 4 is 21.6 Å². The fraction of sp³-hybridized carbons (Fsp3) is 0.143. The van der Waals surface area contributed by atoms with Crippen molar-refractivity contribution in [1.29, 1.82) is 0 Å². The van der Waals surface area contributed by atoms with Gasteiger partial charge in [-0.2, -0.15) is 4.57 Å². The second-order valence-corrected chi connectivity index (χ2v) is 5.24. The minimum atomic E-state index is 0. The Balaban J connectivity index is 0.00000120. The van der Waals surface area contributed by atoms with Gasteiger partial charge in [0.15, 0.2) is 23.9 Å². The molecule has 0 spiro atoms. The summed E-state index contributed by atoms with van der Waals surface area (Å²) >= 11 is 1.76. The van der Waals surface area contributed by atoms with Gasteiger partial charge in [0.05, 0.1) is 10.2 Å². The number of hydrogen-bond donors (Lipinski definition) is 0. The van der Waals surface area contributed by atoms with Crippen molar-refractivity contribution in [3.05, 3.63) is 59.4 Å². The van der Waals surface area contributed by atoms with Gasteiger partial charge in [-0.3, -0.25) is 0 Å². The molecule has 0 N–H and O–H groups in total. The predicted octanol–water partition coefficient (Wildman–Crippen LogP) is -0.0555. The third kappa shape index (κ3) is 2.68. The maximum Gasteiger partial charge on any atom is 0.199 e. The Morgan fingerprint density at radius 2 is 1.83 bits per heavy atom. The van der Waals surface area contributed by atoms with Gasteiger partial charge in [0.2, 0.25) is 0 Å². The number of aromatic nitrogens is 2. The molecular weight excluding hydrogens is 264 g/mol. The van der Waals surface area contributed by atoms with Crippen molar-refractivity contribution in [2.24, 2.45) is 0 Å². The van der Waals surface area contributed by atoms with Crippen molar-refractivity contribution in [2.45, 2.75) is 13.5 Å². The van der Waals surface area contributed by atoms with Gasteiger partial charge in [-0.15, -0.1) is 11.3 Å². The molecule has 0 bridgehead atoms. The Labute approximate surface area is 116 Å². The average Bonchev–Trinajstić information content (AvgIpc) is 2.74. The first kappa shape index (κ1) is 13.0. The van der Waals surface area contributed by atoms with E-state index in [-0.39, 0.29) is 12.4 Å². The summed E-state index contributed by atoms with van der Waals surface area (Å²) in [6.07, 6.45) is 4.20. The monoisotopic (exact) mass is 276 g/mol. The summed E-state index contributed by atoms with van der Waals surface area (Å²) in [6, 6.07) is 12.5. The van der Waals surface area contributed by atoms with E-state index in [1.54, 1.807) is 11.3 Å². The molecule has 0 unspecified atom stereocenters. The molecule has 2 nitrogen and oxygen atoms in total. The van der Waals surface area contributed by atoms with Crippen molar-refractivity contribution < 1.29 is 17.0 Å². The predicted molar refractivity (Wildman–Crippen MR) is 70.1 cm³/mol. The Morgan fingerprint density at radius 3 is 2.56 bits per heavy atom. The molecule has 0 radical (unpaired) electrons. The van der Waals surface area contributed by atoms with Crippen molar-refractivity contribution in [3.8, 4) is 0 Å². The lowest BCUT2D eigenvalue weighted by Gasteiger charge is -1.93. The van der Waals surface area contributed by atoms with Crippen LogP contribution in [0.4, 0.5) is 0 Å². The molecule has 0 fully saturated rings. The van der Waals surface area contributed by atoms with Gasteiger partial charge in [-0.25, -0.2) is 4.98 Å². The number of benzene rings is 1. The van der Waals surface area contributed by atoms with E-state index >= 15 is 0 Å². The highest BCUT2D eigenvalue weighted by Gasteiger charge is 2.07. The molecule has 0 aliphatic rings. The van der Waals surface area contributed by atoms with Crippen LogP contribution in [0.15, 0.2) is 48.8 Å². The first-order chi connectivity index (χ1) is 8.31. The van der Waals surface area contributed by atoms with E-state index in [2.05, 4.69) is 59.2 Å². The normalized spacial score (nSPS) is 10.3. The third-order valence-electron chi connectivity index (χ3n) is 2.71. The molecule has 3 rings (SSSR count). The number of rotatable bonds is 2. The second-order valence-electron chi connectivity index (χ2n) is 4.12. The summed E-state index contributed by atoms with van der Waals surface area (Å²) in [5.74, 6) is 0. The quantitative estimate of drug-likeness (QED) is 0.600. The summed E-state index contributed by atoms with van der Waals surface area (Å²) < 4.78 is 3.42. The van der Waals surface area contributed by atoms with Gasteiger partial charge in [0, 0.05) is 12.1 Å². The smallest absolute Gasteiger partial charge is 0.199 e. The topological polar surface area (TPSA) is 16.8 Å². The van der Waals surface area contributed by atoms with Gasteiger partial charge >= 0.3 is 0 Å². The molecule has 1 aromatic carbocycles.